The number of hydrogen-bond donors (Lipinski definition) is 1. The van der Waals surface area contributed by atoms with Crippen molar-refractivity contribution in [2.45, 2.75) is 6.04 Å². The molecule has 84 valence electrons. The Morgan fingerprint density at radius 1 is 1.31 bits per heavy atom. The van der Waals surface area contributed by atoms with Gasteiger partial charge in [0.15, 0.2) is 0 Å². The van der Waals surface area contributed by atoms with Gasteiger partial charge in [-0.1, -0.05) is 23.7 Å². The average molecular weight is 364 g/mol. The van der Waals surface area contributed by atoms with Gasteiger partial charge in [0.05, 0.1) is 8.93 Å². The Hall–Kier alpha value is -0.100. The first-order valence-electron chi connectivity index (χ1n) is 4.87. The van der Waals surface area contributed by atoms with Gasteiger partial charge >= 0.3 is 0 Å². The standard InChI is InChI=1S/C12H11ClINS/c1-15-12(9-6-11(14)16-7-9)8-3-2-4-10(13)5-8/h2-7,12,15H,1H3. The second kappa shape index (κ2) is 5.49. The van der Waals surface area contributed by atoms with Crippen LogP contribution in [0.1, 0.15) is 17.2 Å². The molecule has 2 aromatic rings. The summed E-state index contributed by atoms with van der Waals surface area (Å²) >= 11 is 10.1. The molecule has 0 radical (unpaired) electrons. The fraction of sp³-hybridized carbons (Fsp3) is 0.167. The maximum Gasteiger partial charge on any atom is 0.0656 e. The summed E-state index contributed by atoms with van der Waals surface area (Å²) in [6.45, 7) is 0. The number of halogens is 2. The van der Waals surface area contributed by atoms with Gasteiger partial charge in [-0.3, -0.25) is 0 Å². The number of rotatable bonds is 3. The van der Waals surface area contributed by atoms with Crippen LogP contribution in [0.5, 0.6) is 0 Å². The van der Waals surface area contributed by atoms with Crippen LogP contribution in [0.25, 0.3) is 0 Å². The summed E-state index contributed by atoms with van der Waals surface area (Å²) in [5.74, 6) is 0. The SMILES string of the molecule is CNC(c1cccc(Cl)c1)c1csc(I)c1. The molecule has 1 N–H and O–H groups in total. The van der Waals surface area contributed by atoms with Gasteiger partial charge in [-0.25, -0.2) is 0 Å². The van der Waals surface area contributed by atoms with Crippen molar-refractivity contribution in [1.29, 1.82) is 0 Å². The van der Waals surface area contributed by atoms with E-state index in [2.05, 4.69) is 45.4 Å². The Balaban J connectivity index is 2.36. The lowest BCUT2D eigenvalue weighted by Gasteiger charge is -2.15. The molecule has 1 unspecified atom stereocenters. The first kappa shape index (κ1) is 12.4. The lowest BCUT2D eigenvalue weighted by molar-refractivity contribution is 0.694. The van der Waals surface area contributed by atoms with E-state index >= 15 is 0 Å². The summed E-state index contributed by atoms with van der Waals surface area (Å²) in [6, 6.07) is 10.4. The third-order valence-corrected chi connectivity index (χ3v) is 4.43. The van der Waals surface area contributed by atoms with Crippen molar-refractivity contribution in [3.8, 4) is 0 Å². The van der Waals surface area contributed by atoms with Gasteiger partial charge in [0.2, 0.25) is 0 Å². The zero-order valence-corrected chi connectivity index (χ0v) is 12.4. The van der Waals surface area contributed by atoms with Gasteiger partial charge in [-0.05, 0) is 64.3 Å². The van der Waals surface area contributed by atoms with Gasteiger partial charge in [0, 0.05) is 5.02 Å². The summed E-state index contributed by atoms with van der Waals surface area (Å²) in [4.78, 5) is 0. The minimum absolute atomic E-state index is 0.221. The van der Waals surface area contributed by atoms with Gasteiger partial charge in [0.25, 0.3) is 0 Å². The maximum absolute atomic E-state index is 6.01. The zero-order valence-electron chi connectivity index (χ0n) is 8.71. The quantitative estimate of drug-likeness (QED) is 0.801. The van der Waals surface area contributed by atoms with Crippen molar-refractivity contribution in [3.05, 3.63) is 54.7 Å². The van der Waals surface area contributed by atoms with Crippen LogP contribution >= 0.6 is 45.5 Å². The average Bonchev–Trinajstić information content (AvgIpc) is 2.66. The van der Waals surface area contributed by atoms with E-state index in [4.69, 9.17) is 11.6 Å². The minimum atomic E-state index is 0.221. The highest BCUT2D eigenvalue weighted by atomic mass is 127. The molecule has 0 fully saturated rings. The van der Waals surface area contributed by atoms with Crippen LogP contribution < -0.4 is 5.32 Å². The maximum atomic E-state index is 6.01. The third kappa shape index (κ3) is 2.77. The fourth-order valence-corrected chi connectivity index (χ4v) is 3.28. The molecule has 0 aliphatic heterocycles. The first-order chi connectivity index (χ1) is 7.70. The number of thiophene rings is 1. The number of nitrogens with one attached hydrogen (secondary N) is 1. The zero-order chi connectivity index (χ0) is 11.5. The van der Waals surface area contributed by atoms with Crippen molar-refractivity contribution in [1.82, 2.24) is 5.32 Å². The Morgan fingerprint density at radius 3 is 2.69 bits per heavy atom. The highest BCUT2D eigenvalue weighted by molar-refractivity contribution is 14.1. The molecule has 1 atom stereocenters. The minimum Gasteiger partial charge on any atom is -0.309 e. The molecule has 0 saturated heterocycles. The summed E-state index contributed by atoms with van der Waals surface area (Å²) in [5.41, 5.74) is 2.49. The highest BCUT2D eigenvalue weighted by Crippen LogP contribution is 2.28. The lowest BCUT2D eigenvalue weighted by Crippen LogP contribution is -2.16. The van der Waals surface area contributed by atoms with Gasteiger partial charge in [-0.15, -0.1) is 11.3 Å². The third-order valence-electron chi connectivity index (χ3n) is 2.39. The molecule has 0 spiro atoms. The van der Waals surface area contributed by atoms with Gasteiger partial charge in [0.1, 0.15) is 0 Å². The molecule has 1 aromatic heterocycles. The number of hydrogen-bond acceptors (Lipinski definition) is 2. The van der Waals surface area contributed by atoms with Crippen molar-refractivity contribution in [2.75, 3.05) is 7.05 Å². The van der Waals surface area contributed by atoms with Gasteiger partial charge in [-0.2, -0.15) is 0 Å². The van der Waals surface area contributed by atoms with E-state index in [1.165, 1.54) is 14.0 Å². The summed E-state index contributed by atoms with van der Waals surface area (Å²) in [7, 11) is 1.97. The Kier molecular flexibility index (Phi) is 4.24. The monoisotopic (exact) mass is 363 g/mol. The topological polar surface area (TPSA) is 12.0 Å². The van der Waals surface area contributed by atoms with E-state index < -0.39 is 0 Å². The molecule has 0 aliphatic carbocycles. The van der Waals surface area contributed by atoms with Crippen molar-refractivity contribution < 1.29 is 0 Å². The van der Waals surface area contributed by atoms with E-state index in [0.29, 0.717) is 0 Å². The van der Waals surface area contributed by atoms with Crippen LogP contribution in [0.4, 0.5) is 0 Å². The Labute approximate surface area is 118 Å². The summed E-state index contributed by atoms with van der Waals surface area (Å²) < 4.78 is 1.30. The molecular weight excluding hydrogens is 353 g/mol. The molecule has 0 aliphatic rings. The van der Waals surface area contributed by atoms with E-state index in [1.807, 2.05) is 25.2 Å². The molecule has 1 nitrogen and oxygen atoms in total. The predicted molar refractivity (Wildman–Crippen MR) is 79.4 cm³/mol. The van der Waals surface area contributed by atoms with Crippen molar-refractivity contribution in [2.24, 2.45) is 0 Å². The second-order valence-corrected chi connectivity index (χ2v) is 6.70. The molecule has 0 bridgehead atoms. The van der Waals surface area contributed by atoms with Crippen molar-refractivity contribution in [3.63, 3.8) is 0 Å². The molecule has 2 rings (SSSR count). The first-order valence-corrected chi connectivity index (χ1v) is 7.21. The molecule has 1 heterocycles. The lowest BCUT2D eigenvalue weighted by atomic mass is 10.0. The van der Waals surface area contributed by atoms with E-state index in [-0.39, 0.29) is 6.04 Å². The molecular formula is C12H11ClINS. The van der Waals surface area contributed by atoms with Crippen LogP contribution in [0.15, 0.2) is 35.7 Å². The fourth-order valence-electron chi connectivity index (χ4n) is 1.69. The van der Waals surface area contributed by atoms with Crippen LogP contribution in [0.3, 0.4) is 0 Å². The smallest absolute Gasteiger partial charge is 0.0656 e. The molecule has 1 aromatic carbocycles. The molecule has 0 amide bonds. The Morgan fingerprint density at radius 2 is 2.12 bits per heavy atom. The van der Waals surface area contributed by atoms with Crippen LogP contribution in [-0.4, -0.2) is 7.05 Å². The summed E-state index contributed by atoms with van der Waals surface area (Å²) in [5, 5.41) is 6.28. The normalized spacial score (nSPS) is 12.7. The molecule has 0 saturated carbocycles. The predicted octanol–water partition coefficient (Wildman–Crippen LogP) is 4.31. The summed E-state index contributed by atoms with van der Waals surface area (Å²) in [6.07, 6.45) is 0. The van der Waals surface area contributed by atoms with Crippen LogP contribution in [0, 0.1) is 2.88 Å². The van der Waals surface area contributed by atoms with E-state index in [1.54, 1.807) is 11.3 Å². The Bertz CT molecular complexity index is 483. The molecule has 4 heteroatoms. The van der Waals surface area contributed by atoms with Crippen LogP contribution in [-0.2, 0) is 0 Å². The largest absolute Gasteiger partial charge is 0.309 e. The molecule has 16 heavy (non-hydrogen) atoms. The van der Waals surface area contributed by atoms with Crippen LogP contribution in [0.2, 0.25) is 5.02 Å². The van der Waals surface area contributed by atoms with E-state index in [0.717, 1.165) is 5.02 Å². The number of benzene rings is 1. The second-order valence-electron chi connectivity index (χ2n) is 3.46. The van der Waals surface area contributed by atoms with E-state index in [9.17, 15) is 0 Å². The van der Waals surface area contributed by atoms with Gasteiger partial charge < -0.3 is 5.32 Å². The van der Waals surface area contributed by atoms with Crippen molar-refractivity contribution >= 4 is 45.5 Å². The highest BCUT2D eigenvalue weighted by Gasteiger charge is 2.13.